The van der Waals surface area contributed by atoms with Crippen LogP contribution in [0, 0.1) is 0 Å². The van der Waals surface area contributed by atoms with Crippen molar-refractivity contribution < 1.29 is 4.79 Å². The molecule has 0 unspecified atom stereocenters. The highest BCUT2D eigenvalue weighted by Gasteiger charge is 2.21. The van der Waals surface area contributed by atoms with Gasteiger partial charge in [-0.25, -0.2) is 0 Å². The van der Waals surface area contributed by atoms with Crippen molar-refractivity contribution >= 4 is 11.6 Å². The quantitative estimate of drug-likeness (QED) is 0.836. The van der Waals surface area contributed by atoms with Gasteiger partial charge < -0.3 is 10.6 Å². The number of benzene rings is 1. The first kappa shape index (κ1) is 13.9. The second-order valence-electron chi connectivity index (χ2n) is 5.01. The molecule has 4 heteroatoms. The summed E-state index contributed by atoms with van der Waals surface area (Å²) in [6.45, 7) is 7.81. The Balaban J connectivity index is 2.02. The summed E-state index contributed by atoms with van der Waals surface area (Å²) in [7, 11) is 0. The number of nitrogens with zero attached hydrogens (tertiary/aromatic N) is 2. The highest BCUT2D eigenvalue weighted by Crippen LogP contribution is 2.24. The summed E-state index contributed by atoms with van der Waals surface area (Å²) >= 11 is 0. The Hall–Kier alpha value is -1.55. The van der Waals surface area contributed by atoms with Crippen molar-refractivity contribution in [3.05, 3.63) is 29.3 Å². The minimum Gasteiger partial charge on any atom is -0.398 e. The fourth-order valence-electron chi connectivity index (χ4n) is 2.67. The summed E-state index contributed by atoms with van der Waals surface area (Å²) in [5.74, 6) is 0.211. The lowest BCUT2D eigenvalue weighted by molar-refractivity contribution is -0.132. The van der Waals surface area contributed by atoms with Crippen LogP contribution in [0.1, 0.15) is 25.0 Å². The molecule has 1 aliphatic rings. The molecule has 19 heavy (non-hydrogen) atoms. The molecule has 1 amide bonds. The number of carbonyl (C=O) groups is 1. The van der Waals surface area contributed by atoms with Crippen molar-refractivity contribution in [3.63, 3.8) is 0 Å². The van der Waals surface area contributed by atoms with E-state index in [2.05, 4.69) is 11.0 Å². The largest absolute Gasteiger partial charge is 0.398 e. The molecule has 1 aromatic rings. The van der Waals surface area contributed by atoms with Gasteiger partial charge in [-0.1, -0.05) is 12.1 Å². The van der Waals surface area contributed by atoms with Crippen molar-refractivity contribution in [1.29, 1.82) is 0 Å². The molecule has 0 atom stereocenters. The van der Waals surface area contributed by atoms with Crippen molar-refractivity contribution in [2.45, 2.75) is 26.8 Å². The molecule has 0 aromatic heterocycles. The van der Waals surface area contributed by atoms with Gasteiger partial charge >= 0.3 is 0 Å². The van der Waals surface area contributed by atoms with Crippen LogP contribution in [0.5, 0.6) is 0 Å². The van der Waals surface area contributed by atoms with Gasteiger partial charge in [0.15, 0.2) is 0 Å². The number of amides is 1. The van der Waals surface area contributed by atoms with Crippen LogP contribution in [0.25, 0.3) is 0 Å². The average Bonchev–Trinajstić information content (AvgIpc) is 2.41. The smallest absolute Gasteiger partial charge is 0.236 e. The number of hydrogen-bond donors (Lipinski definition) is 1. The van der Waals surface area contributed by atoms with Gasteiger partial charge in [0.2, 0.25) is 5.91 Å². The van der Waals surface area contributed by atoms with Gasteiger partial charge in [0.05, 0.1) is 6.54 Å². The maximum atomic E-state index is 12.1. The Bertz CT molecular complexity index is 455. The fourth-order valence-corrected chi connectivity index (χ4v) is 2.67. The molecule has 0 fully saturated rings. The predicted octanol–water partition coefficient (Wildman–Crippen LogP) is 1.50. The standard InChI is InChI=1S/C15H23N3O/c1-3-18(4-2)15(19)11-17-9-8-12-6-5-7-14(16)13(12)10-17/h5-7H,3-4,8-11,16H2,1-2H3. The highest BCUT2D eigenvalue weighted by atomic mass is 16.2. The lowest BCUT2D eigenvalue weighted by atomic mass is 9.98. The summed E-state index contributed by atoms with van der Waals surface area (Å²) in [5, 5.41) is 0. The molecule has 2 rings (SSSR count). The van der Waals surface area contributed by atoms with Gasteiger partial charge in [0.25, 0.3) is 0 Å². The van der Waals surface area contributed by atoms with Crippen LogP contribution in [-0.4, -0.2) is 41.9 Å². The van der Waals surface area contributed by atoms with E-state index < -0.39 is 0 Å². The monoisotopic (exact) mass is 261 g/mol. The SMILES string of the molecule is CCN(CC)C(=O)CN1CCc2cccc(N)c2C1. The number of hydrogen-bond acceptors (Lipinski definition) is 3. The Morgan fingerprint density at radius 1 is 1.37 bits per heavy atom. The van der Waals surface area contributed by atoms with Crippen molar-refractivity contribution in [2.24, 2.45) is 0 Å². The molecule has 104 valence electrons. The molecule has 2 N–H and O–H groups in total. The average molecular weight is 261 g/mol. The van der Waals surface area contributed by atoms with E-state index in [0.29, 0.717) is 6.54 Å². The molecule has 0 spiro atoms. The molecule has 1 aromatic carbocycles. The van der Waals surface area contributed by atoms with Gasteiger partial charge in [-0.15, -0.1) is 0 Å². The van der Waals surface area contributed by atoms with Gasteiger partial charge in [0, 0.05) is 31.9 Å². The van der Waals surface area contributed by atoms with E-state index in [1.54, 1.807) is 0 Å². The van der Waals surface area contributed by atoms with Crippen LogP contribution in [0.3, 0.4) is 0 Å². The number of fused-ring (bicyclic) bond motifs is 1. The number of anilines is 1. The number of rotatable bonds is 4. The Morgan fingerprint density at radius 2 is 2.11 bits per heavy atom. The van der Waals surface area contributed by atoms with Gasteiger partial charge in [-0.2, -0.15) is 0 Å². The summed E-state index contributed by atoms with van der Waals surface area (Å²) in [6.07, 6.45) is 0.978. The number of nitrogens with two attached hydrogens (primary N) is 1. The van der Waals surface area contributed by atoms with Crippen LogP contribution in [0.4, 0.5) is 5.69 Å². The molecule has 1 aliphatic heterocycles. The van der Waals surface area contributed by atoms with Crippen LogP contribution in [0.2, 0.25) is 0 Å². The highest BCUT2D eigenvalue weighted by molar-refractivity contribution is 5.78. The van der Waals surface area contributed by atoms with Crippen LogP contribution < -0.4 is 5.73 Å². The molecule has 0 radical (unpaired) electrons. The molecule has 0 bridgehead atoms. The minimum atomic E-state index is 0.211. The van der Waals surface area contributed by atoms with Crippen LogP contribution >= 0.6 is 0 Å². The Kier molecular flexibility index (Phi) is 4.43. The zero-order valence-electron chi connectivity index (χ0n) is 11.9. The van der Waals surface area contributed by atoms with Crippen LogP contribution in [-0.2, 0) is 17.8 Å². The zero-order chi connectivity index (χ0) is 13.8. The normalized spacial score (nSPS) is 15.1. The van der Waals surface area contributed by atoms with Crippen molar-refractivity contribution in [3.8, 4) is 0 Å². The molecule has 0 saturated carbocycles. The fraction of sp³-hybridized carbons (Fsp3) is 0.533. The van der Waals surface area contributed by atoms with Gasteiger partial charge in [-0.05, 0) is 37.5 Å². The van der Waals surface area contributed by atoms with E-state index in [9.17, 15) is 4.79 Å². The van der Waals surface area contributed by atoms with Crippen molar-refractivity contribution in [2.75, 3.05) is 31.9 Å². The van der Waals surface area contributed by atoms with E-state index in [4.69, 9.17) is 5.73 Å². The Labute approximate surface area is 115 Å². The molecule has 0 aliphatic carbocycles. The Morgan fingerprint density at radius 3 is 2.79 bits per heavy atom. The number of carbonyl (C=O) groups excluding carboxylic acids is 1. The zero-order valence-corrected chi connectivity index (χ0v) is 11.9. The second kappa shape index (κ2) is 6.06. The molecule has 1 heterocycles. The predicted molar refractivity (Wildman–Crippen MR) is 77.8 cm³/mol. The third kappa shape index (κ3) is 3.07. The maximum Gasteiger partial charge on any atom is 0.236 e. The summed E-state index contributed by atoms with van der Waals surface area (Å²) in [4.78, 5) is 16.2. The minimum absolute atomic E-state index is 0.211. The molecular weight excluding hydrogens is 238 g/mol. The first-order valence-electron chi connectivity index (χ1n) is 7.02. The first-order chi connectivity index (χ1) is 9.15. The third-order valence-corrected chi connectivity index (χ3v) is 3.86. The summed E-state index contributed by atoms with van der Waals surface area (Å²) < 4.78 is 0. The lowest BCUT2D eigenvalue weighted by Gasteiger charge is -2.30. The summed E-state index contributed by atoms with van der Waals surface area (Å²) in [6, 6.07) is 6.08. The molecular formula is C15H23N3O. The van der Waals surface area contributed by atoms with E-state index in [-0.39, 0.29) is 5.91 Å². The summed E-state index contributed by atoms with van der Waals surface area (Å²) in [5.41, 5.74) is 9.39. The number of likely N-dealkylation sites (N-methyl/N-ethyl adjacent to an activating group) is 1. The molecule has 0 saturated heterocycles. The molecule has 4 nitrogen and oxygen atoms in total. The topological polar surface area (TPSA) is 49.6 Å². The number of nitrogen functional groups attached to an aromatic ring is 1. The van der Waals surface area contributed by atoms with E-state index in [1.807, 2.05) is 30.9 Å². The van der Waals surface area contributed by atoms with E-state index in [0.717, 1.165) is 38.3 Å². The first-order valence-corrected chi connectivity index (χ1v) is 7.02. The lowest BCUT2D eigenvalue weighted by Crippen LogP contribution is -2.42. The second-order valence-corrected chi connectivity index (χ2v) is 5.01. The van der Waals surface area contributed by atoms with Crippen molar-refractivity contribution in [1.82, 2.24) is 9.80 Å². The third-order valence-electron chi connectivity index (χ3n) is 3.86. The van der Waals surface area contributed by atoms with E-state index in [1.165, 1.54) is 11.1 Å². The maximum absolute atomic E-state index is 12.1. The van der Waals surface area contributed by atoms with E-state index >= 15 is 0 Å². The van der Waals surface area contributed by atoms with Gasteiger partial charge in [-0.3, -0.25) is 9.69 Å². The van der Waals surface area contributed by atoms with Gasteiger partial charge in [0.1, 0.15) is 0 Å². The van der Waals surface area contributed by atoms with Crippen LogP contribution in [0.15, 0.2) is 18.2 Å².